The molecule has 1 aromatic rings. The van der Waals surface area contributed by atoms with Crippen LogP contribution in [0.25, 0.3) is 0 Å². The van der Waals surface area contributed by atoms with Crippen LogP contribution in [0.5, 0.6) is 0 Å². The lowest BCUT2D eigenvalue weighted by Gasteiger charge is -2.29. The molecule has 19 heavy (non-hydrogen) atoms. The monoisotopic (exact) mass is 254 g/mol. The van der Waals surface area contributed by atoms with E-state index in [0.717, 1.165) is 37.1 Å². The predicted octanol–water partition coefficient (Wildman–Crippen LogP) is 2.25. The van der Waals surface area contributed by atoms with E-state index >= 15 is 0 Å². The summed E-state index contributed by atoms with van der Waals surface area (Å²) < 4.78 is 0. The van der Waals surface area contributed by atoms with Gasteiger partial charge in [-0.1, -0.05) is 17.7 Å². The van der Waals surface area contributed by atoms with Gasteiger partial charge in [0.05, 0.1) is 6.04 Å². The van der Waals surface area contributed by atoms with Crippen molar-refractivity contribution in [1.29, 1.82) is 0 Å². The molecule has 3 heterocycles. The highest BCUT2D eigenvalue weighted by atomic mass is 16.2. The van der Waals surface area contributed by atoms with Crippen LogP contribution in [0, 0.1) is 6.92 Å². The van der Waals surface area contributed by atoms with E-state index in [-0.39, 0.29) is 11.9 Å². The van der Waals surface area contributed by atoms with Crippen LogP contribution in [-0.2, 0) is 11.2 Å². The number of anilines is 1. The van der Waals surface area contributed by atoms with Gasteiger partial charge in [-0.15, -0.1) is 0 Å². The molecule has 0 bridgehead atoms. The SMILES string of the molecule is Cc1ccc2c(c1)CC1C3=C(CCCN3C)C(=O)N21. The van der Waals surface area contributed by atoms with E-state index in [2.05, 4.69) is 37.1 Å². The van der Waals surface area contributed by atoms with E-state index in [4.69, 9.17) is 0 Å². The second-order valence-electron chi connectivity index (χ2n) is 5.92. The zero-order valence-corrected chi connectivity index (χ0v) is 11.4. The summed E-state index contributed by atoms with van der Waals surface area (Å²) in [6.45, 7) is 3.19. The average molecular weight is 254 g/mol. The van der Waals surface area contributed by atoms with Gasteiger partial charge < -0.3 is 4.90 Å². The molecule has 0 saturated carbocycles. The van der Waals surface area contributed by atoms with Crippen molar-refractivity contribution in [3.63, 3.8) is 0 Å². The minimum Gasteiger partial charge on any atom is -0.376 e. The molecule has 3 aliphatic heterocycles. The molecule has 98 valence electrons. The number of benzene rings is 1. The highest BCUT2D eigenvalue weighted by Crippen LogP contribution is 2.44. The number of likely N-dealkylation sites (N-methyl/N-ethyl adjacent to an activating group) is 1. The maximum Gasteiger partial charge on any atom is 0.256 e. The Morgan fingerprint density at radius 1 is 1.32 bits per heavy atom. The Morgan fingerprint density at radius 2 is 2.16 bits per heavy atom. The number of amides is 1. The highest BCUT2D eigenvalue weighted by Gasteiger charge is 2.46. The Bertz CT molecular complexity index is 617. The minimum absolute atomic E-state index is 0.245. The zero-order valence-electron chi connectivity index (χ0n) is 11.4. The number of hydrogen-bond acceptors (Lipinski definition) is 2. The van der Waals surface area contributed by atoms with Gasteiger partial charge in [-0.05, 0) is 31.4 Å². The number of carbonyl (C=O) groups excluding carboxylic acids is 1. The lowest BCUT2D eigenvalue weighted by molar-refractivity contribution is -0.114. The van der Waals surface area contributed by atoms with Gasteiger partial charge in [-0.3, -0.25) is 9.69 Å². The summed E-state index contributed by atoms with van der Waals surface area (Å²) in [4.78, 5) is 17.0. The van der Waals surface area contributed by atoms with E-state index in [0.29, 0.717) is 0 Å². The molecule has 0 radical (unpaired) electrons. The normalized spacial score (nSPS) is 24.7. The standard InChI is InChI=1S/C16H18N2O/c1-10-5-6-13-11(8-10)9-14-15-12(16(19)18(13)14)4-3-7-17(15)2/h5-6,8,14H,3-4,7,9H2,1-2H3. The van der Waals surface area contributed by atoms with E-state index in [1.807, 2.05) is 4.90 Å². The second kappa shape index (κ2) is 3.62. The van der Waals surface area contributed by atoms with Crippen LogP contribution >= 0.6 is 0 Å². The maximum absolute atomic E-state index is 12.7. The molecule has 0 saturated heterocycles. The Hall–Kier alpha value is -1.77. The first-order chi connectivity index (χ1) is 9.16. The molecule has 0 N–H and O–H groups in total. The summed E-state index contributed by atoms with van der Waals surface area (Å²) in [5, 5.41) is 0. The average Bonchev–Trinajstić information content (AvgIpc) is 2.87. The topological polar surface area (TPSA) is 23.6 Å². The van der Waals surface area contributed by atoms with Gasteiger partial charge in [0.1, 0.15) is 0 Å². The van der Waals surface area contributed by atoms with E-state index < -0.39 is 0 Å². The molecular formula is C16H18N2O. The van der Waals surface area contributed by atoms with Crippen molar-refractivity contribution < 1.29 is 4.79 Å². The Kier molecular flexibility index (Phi) is 2.12. The number of nitrogens with zero attached hydrogens (tertiary/aromatic N) is 2. The molecule has 4 rings (SSSR count). The van der Waals surface area contributed by atoms with Crippen molar-refractivity contribution in [3.8, 4) is 0 Å². The Morgan fingerprint density at radius 3 is 3.00 bits per heavy atom. The van der Waals surface area contributed by atoms with Gasteiger partial charge in [-0.25, -0.2) is 0 Å². The van der Waals surface area contributed by atoms with Crippen LogP contribution in [-0.4, -0.2) is 30.4 Å². The largest absolute Gasteiger partial charge is 0.376 e. The third-order valence-corrected chi connectivity index (χ3v) is 4.65. The fraction of sp³-hybridized carbons (Fsp3) is 0.438. The molecule has 0 aliphatic carbocycles. The van der Waals surface area contributed by atoms with Crippen LogP contribution in [0.15, 0.2) is 29.5 Å². The van der Waals surface area contributed by atoms with Gasteiger partial charge in [-0.2, -0.15) is 0 Å². The number of aryl methyl sites for hydroxylation is 1. The smallest absolute Gasteiger partial charge is 0.256 e. The molecule has 1 aromatic carbocycles. The number of hydrogen-bond donors (Lipinski definition) is 0. The van der Waals surface area contributed by atoms with Gasteiger partial charge in [0, 0.05) is 37.0 Å². The van der Waals surface area contributed by atoms with Crippen LogP contribution in [0.2, 0.25) is 0 Å². The molecule has 1 unspecified atom stereocenters. The van der Waals surface area contributed by atoms with Crippen molar-refractivity contribution in [2.75, 3.05) is 18.5 Å². The number of rotatable bonds is 0. The second-order valence-corrected chi connectivity index (χ2v) is 5.92. The zero-order chi connectivity index (χ0) is 13.1. The highest BCUT2D eigenvalue weighted by molar-refractivity contribution is 6.11. The molecule has 1 amide bonds. The van der Waals surface area contributed by atoms with Crippen LogP contribution in [0.1, 0.15) is 24.0 Å². The summed E-state index contributed by atoms with van der Waals surface area (Å²) in [6.07, 6.45) is 3.03. The molecule has 0 spiro atoms. The lowest BCUT2D eigenvalue weighted by atomic mass is 9.98. The number of fused-ring (bicyclic) bond motifs is 4. The first-order valence-electron chi connectivity index (χ1n) is 7.04. The van der Waals surface area contributed by atoms with Crippen LogP contribution < -0.4 is 4.90 Å². The molecule has 3 heteroatoms. The van der Waals surface area contributed by atoms with Crippen LogP contribution in [0.3, 0.4) is 0 Å². The summed E-state index contributed by atoms with van der Waals surface area (Å²) in [6, 6.07) is 6.70. The molecule has 0 aromatic heterocycles. The maximum atomic E-state index is 12.7. The van der Waals surface area contributed by atoms with E-state index in [1.54, 1.807) is 0 Å². The first-order valence-corrected chi connectivity index (χ1v) is 7.04. The predicted molar refractivity (Wildman–Crippen MR) is 75.0 cm³/mol. The fourth-order valence-corrected chi connectivity index (χ4v) is 3.84. The van der Waals surface area contributed by atoms with Gasteiger partial charge in [0.15, 0.2) is 0 Å². The number of carbonyl (C=O) groups is 1. The third-order valence-electron chi connectivity index (χ3n) is 4.65. The lowest BCUT2D eigenvalue weighted by Crippen LogP contribution is -2.35. The molecule has 0 fully saturated rings. The summed E-state index contributed by atoms with van der Waals surface area (Å²) in [5.74, 6) is 0.245. The molecule has 3 nitrogen and oxygen atoms in total. The molecule has 1 atom stereocenters. The minimum atomic E-state index is 0.245. The molecule has 3 aliphatic rings. The van der Waals surface area contributed by atoms with Crippen molar-refractivity contribution in [1.82, 2.24) is 4.90 Å². The van der Waals surface area contributed by atoms with E-state index in [9.17, 15) is 4.79 Å². The van der Waals surface area contributed by atoms with Crippen LogP contribution in [0.4, 0.5) is 5.69 Å². The van der Waals surface area contributed by atoms with Crippen molar-refractivity contribution >= 4 is 11.6 Å². The van der Waals surface area contributed by atoms with Gasteiger partial charge in [0.25, 0.3) is 5.91 Å². The van der Waals surface area contributed by atoms with Crippen molar-refractivity contribution in [2.24, 2.45) is 0 Å². The van der Waals surface area contributed by atoms with E-state index in [1.165, 1.54) is 16.8 Å². The summed E-state index contributed by atoms with van der Waals surface area (Å²) >= 11 is 0. The first kappa shape index (κ1) is 11.1. The van der Waals surface area contributed by atoms with Crippen molar-refractivity contribution in [3.05, 3.63) is 40.6 Å². The van der Waals surface area contributed by atoms with Crippen molar-refractivity contribution in [2.45, 2.75) is 32.2 Å². The van der Waals surface area contributed by atoms with Gasteiger partial charge >= 0.3 is 0 Å². The fourth-order valence-electron chi connectivity index (χ4n) is 3.84. The quantitative estimate of drug-likeness (QED) is 0.709. The third kappa shape index (κ3) is 1.36. The summed E-state index contributed by atoms with van der Waals surface area (Å²) in [7, 11) is 2.12. The van der Waals surface area contributed by atoms with Gasteiger partial charge in [0.2, 0.25) is 0 Å². The molecular weight excluding hydrogens is 236 g/mol. The summed E-state index contributed by atoms with van der Waals surface area (Å²) in [5.41, 5.74) is 6.07. The Balaban J connectivity index is 1.83. The Labute approximate surface area is 113 Å².